The van der Waals surface area contributed by atoms with Crippen LogP contribution in [0.2, 0.25) is 0 Å². The van der Waals surface area contributed by atoms with Gasteiger partial charge in [0.2, 0.25) is 15.9 Å². The minimum absolute atomic E-state index is 0.000719. The molecule has 3 rings (SSSR count). The van der Waals surface area contributed by atoms with E-state index in [4.69, 9.17) is 4.74 Å². The Labute approximate surface area is 165 Å². The maximum atomic E-state index is 12.2. The van der Waals surface area contributed by atoms with Gasteiger partial charge >= 0.3 is 0 Å². The Morgan fingerprint density at radius 1 is 1.07 bits per heavy atom. The molecule has 0 unspecified atom stereocenters. The summed E-state index contributed by atoms with van der Waals surface area (Å²) < 4.78 is 32.0. The van der Waals surface area contributed by atoms with Gasteiger partial charge in [-0.1, -0.05) is 11.8 Å². The molecule has 0 spiro atoms. The van der Waals surface area contributed by atoms with Crippen molar-refractivity contribution in [3.05, 3.63) is 54.1 Å². The summed E-state index contributed by atoms with van der Waals surface area (Å²) >= 11 is 0. The van der Waals surface area contributed by atoms with E-state index in [0.717, 1.165) is 30.6 Å². The highest BCUT2D eigenvalue weighted by Gasteiger charge is 2.19. The van der Waals surface area contributed by atoms with Crippen molar-refractivity contribution < 1.29 is 17.9 Å². The zero-order valence-electron chi connectivity index (χ0n) is 15.6. The summed E-state index contributed by atoms with van der Waals surface area (Å²) in [4.78, 5) is 13.9. The first-order valence-electron chi connectivity index (χ1n) is 9.02. The second-order valence-electron chi connectivity index (χ2n) is 6.35. The number of amides is 1. The molecule has 1 fully saturated rings. The van der Waals surface area contributed by atoms with Gasteiger partial charge in [0.15, 0.2) is 0 Å². The number of hydrogen-bond donors (Lipinski definition) is 1. The zero-order chi connectivity index (χ0) is 20.0. The number of nitrogens with zero attached hydrogens (tertiary/aromatic N) is 1. The largest absolute Gasteiger partial charge is 0.497 e. The molecule has 1 N–H and O–H groups in total. The van der Waals surface area contributed by atoms with Crippen LogP contribution in [0.4, 0.5) is 5.69 Å². The Kier molecular flexibility index (Phi) is 6.34. The summed E-state index contributed by atoms with van der Waals surface area (Å²) in [5.41, 5.74) is 1.63. The lowest BCUT2D eigenvalue weighted by Gasteiger charge is -2.26. The maximum Gasteiger partial charge on any atom is 0.241 e. The molecule has 0 atom stereocenters. The number of methoxy groups -OCH3 is 1. The molecule has 6 nitrogen and oxygen atoms in total. The van der Waals surface area contributed by atoms with Crippen molar-refractivity contribution in [2.24, 2.45) is 0 Å². The highest BCUT2D eigenvalue weighted by molar-refractivity contribution is 7.89. The summed E-state index contributed by atoms with van der Waals surface area (Å²) in [5.74, 6) is 6.48. The molecule has 0 aromatic heterocycles. The van der Waals surface area contributed by atoms with Gasteiger partial charge in [0.05, 0.1) is 18.6 Å². The van der Waals surface area contributed by atoms with Crippen molar-refractivity contribution in [3.63, 3.8) is 0 Å². The summed E-state index contributed by atoms with van der Waals surface area (Å²) in [6, 6.07) is 13.6. The first-order chi connectivity index (χ1) is 13.5. The number of rotatable bonds is 5. The number of nitrogens with one attached hydrogen (secondary N) is 1. The van der Waals surface area contributed by atoms with Gasteiger partial charge in [-0.25, -0.2) is 8.42 Å². The quantitative estimate of drug-likeness (QED) is 0.786. The van der Waals surface area contributed by atoms with Crippen LogP contribution < -0.4 is 14.4 Å². The molecule has 0 radical (unpaired) electrons. The molecule has 1 aliphatic heterocycles. The van der Waals surface area contributed by atoms with Crippen LogP contribution in [-0.2, 0) is 14.8 Å². The lowest BCUT2D eigenvalue weighted by molar-refractivity contribution is -0.119. The van der Waals surface area contributed by atoms with Crippen molar-refractivity contribution in [1.29, 1.82) is 0 Å². The number of sulfonamides is 1. The fraction of sp³-hybridized carbons (Fsp3) is 0.286. The summed E-state index contributed by atoms with van der Waals surface area (Å²) in [7, 11) is -2.10. The summed E-state index contributed by atoms with van der Waals surface area (Å²) in [6.07, 6.45) is 2.56. The Balaban J connectivity index is 1.58. The maximum absolute atomic E-state index is 12.2. The molecule has 0 aliphatic carbocycles. The fourth-order valence-corrected chi connectivity index (χ4v) is 3.84. The van der Waals surface area contributed by atoms with Crippen molar-refractivity contribution in [2.75, 3.05) is 25.1 Å². The van der Waals surface area contributed by atoms with Gasteiger partial charge in [-0.3, -0.25) is 4.79 Å². The first kappa shape index (κ1) is 19.9. The molecule has 0 saturated carbocycles. The molecule has 1 amide bonds. The average molecular weight is 398 g/mol. The third kappa shape index (κ3) is 4.91. The molecule has 1 aliphatic rings. The van der Waals surface area contributed by atoms with Crippen molar-refractivity contribution in [1.82, 2.24) is 4.72 Å². The summed E-state index contributed by atoms with van der Waals surface area (Å²) in [6.45, 7) is 0.748. The van der Waals surface area contributed by atoms with E-state index < -0.39 is 10.0 Å². The van der Waals surface area contributed by atoms with Gasteiger partial charge < -0.3 is 9.64 Å². The Morgan fingerprint density at radius 3 is 2.43 bits per heavy atom. The second-order valence-corrected chi connectivity index (χ2v) is 8.12. The Bertz CT molecular complexity index is 987. The second kappa shape index (κ2) is 8.91. The molecule has 1 saturated heterocycles. The molecule has 28 heavy (non-hydrogen) atoms. The van der Waals surface area contributed by atoms with Crippen LogP contribution in [0.25, 0.3) is 0 Å². The number of ether oxygens (including phenoxy) is 1. The molecule has 0 bridgehead atoms. The fourth-order valence-electron chi connectivity index (χ4n) is 2.92. The van der Waals surface area contributed by atoms with Crippen molar-refractivity contribution in [2.45, 2.75) is 24.2 Å². The van der Waals surface area contributed by atoms with Crippen molar-refractivity contribution in [3.8, 4) is 17.6 Å². The molecule has 7 heteroatoms. The van der Waals surface area contributed by atoms with E-state index >= 15 is 0 Å². The predicted octanol–water partition coefficient (Wildman–Crippen LogP) is 2.54. The van der Waals surface area contributed by atoms with E-state index in [1.165, 1.54) is 19.2 Å². The molecule has 146 valence electrons. The smallest absolute Gasteiger partial charge is 0.241 e. The van der Waals surface area contributed by atoms with Crippen molar-refractivity contribution >= 4 is 21.6 Å². The van der Waals surface area contributed by atoms with E-state index in [2.05, 4.69) is 16.6 Å². The molecular formula is C21H22N2O4S. The lowest BCUT2D eigenvalue weighted by atomic mass is 10.1. The number of carbonyl (C=O) groups excluding carboxylic acids is 1. The topological polar surface area (TPSA) is 75.7 Å². The standard InChI is InChI=1S/C21H22N2O4S/c1-27-19-11-13-20(14-12-19)28(25,26)22-15-4-5-17-7-9-18(10-8-17)23-16-3-2-6-21(23)24/h7-14,22H,2-3,6,15-16H2,1H3. The average Bonchev–Trinajstić information content (AvgIpc) is 2.72. The van der Waals surface area contributed by atoms with E-state index in [1.54, 1.807) is 17.0 Å². The third-order valence-electron chi connectivity index (χ3n) is 4.46. The van der Waals surface area contributed by atoms with Gasteiger partial charge in [-0.2, -0.15) is 4.72 Å². The van der Waals surface area contributed by atoms with Gasteiger partial charge in [0, 0.05) is 24.2 Å². The molecule has 2 aromatic rings. The first-order valence-corrected chi connectivity index (χ1v) is 10.5. The van der Waals surface area contributed by atoms with E-state index in [-0.39, 0.29) is 17.3 Å². The van der Waals surface area contributed by atoms with Crippen LogP contribution in [-0.4, -0.2) is 34.5 Å². The molecule has 1 heterocycles. The Hall–Kier alpha value is -2.82. The zero-order valence-corrected chi connectivity index (χ0v) is 16.5. The van der Waals surface area contributed by atoms with E-state index in [0.29, 0.717) is 12.2 Å². The van der Waals surface area contributed by atoms with Crippen LogP contribution in [0.3, 0.4) is 0 Å². The van der Waals surface area contributed by atoms with E-state index in [1.807, 2.05) is 24.3 Å². The van der Waals surface area contributed by atoms with Crippen LogP contribution in [0.15, 0.2) is 53.4 Å². The SMILES string of the molecule is COc1ccc(S(=O)(=O)NCC#Cc2ccc(N3CCCCC3=O)cc2)cc1. The third-order valence-corrected chi connectivity index (χ3v) is 5.87. The normalized spacial score (nSPS) is 14.3. The lowest BCUT2D eigenvalue weighted by Crippen LogP contribution is -2.35. The Morgan fingerprint density at radius 2 is 1.79 bits per heavy atom. The molecule has 2 aromatic carbocycles. The van der Waals surface area contributed by atoms with Gasteiger partial charge in [-0.05, 0) is 61.4 Å². The summed E-state index contributed by atoms with van der Waals surface area (Å²) in [5, 5.41) is 0. The number of anilines is 1. The minimum Gasteiger partial charge on any atom is -0.497 e. The highest BCUT2D eigenvalue weighted by atomic mass is 32.2. The molecular weight excluding hydrogens is 376 g/mol. The highest BCUT2D eigenvalue weighted by Crippen LogP contribution is 2.21. The van der Waals surface area contributed by atoms with Gasteiger partial charge in [0.1, 0.15) is 5.75 Å². The monoisotopic (exact) mass is 398 g/mol. The van der Waals surface area contributed by atoms with Gasteiger partial charge in [-0.15, -0.1) is 0 Å². The van der Waals surface area contributed by atoms with Crippen LogP contribution in [0.5, 0.6) is 5.75 Å². The van der Waals surface area contributed by atoms with E-state index in [9.17, 15) is 13.2 Å². The number of hydrogen-bond acceptors (Lipinski definition) is 4. The minimum atomic E-state index is -3.62. The number of piperidine rings is 1. The number of carbonyl (C=O) groups is 1. The van der Waals surface area contributed by atoms with Crippen LogP contribution in [0.1, 0.15) is 24.8 Å². The van der Waals surface area contributed by atoms with Gasteiger partial charge in [0.25, 0.3) is 0 Å². The van der Waals surface area contributed by atoms with Crippen LogP contribution >= 0.6 is 0 Å². The number of benzene rings is 2. The van der Waals surface area contributed by atoms with Crippen LogP contribution in [0, 0.1) is 11.8 Å². The predicted molar refractivity (Wildman–Crippen MR) is 108 cm³/mol.